The lowest BCUT2D eigenvalue weighted by molar-refractivity contribution is -0.0215. The number of aliphatic hydroxyl groups excluding tert-OH is 2. The van der Waals surface area contributed by atoms with Crippen molar-refractivity contribution in [2.45, 2.75) is 82.6 Å². The molecule has 29 heavy (non-hydrogen) atoms. The molecule has 0 spiro atoms. The van der Waals surface area contributed by atoms with Crippen LogP contribution in [0.25, 0.3) is 0 Å². The third-order valence-electron chi connectivity index (χ3n) is 5.76. The molecule has 1 fully saturated rings. The van der Waals surface area contributed by atoms with E-state index in [-0.39, 0.29) is 25.7 Å². The van der Waals surface area contributed by atoms with Crippen molar-refractivity contribution in [1.29, 1.82) is 0 Å². The molecule has 0 radical (unpaired) electrons. The normalized spacial score (nSPS) is 27.7. The largest absolute Gasteiger partial charge is 0.390 e. The zero-order valence-corrected chi connectivity index (χ0v) is 18.0. The first-order chi connectivity index (χ1) is 13.3. The van der Waals surface area contributed by atoms with Crippen LogP contribution in [0.15, 0.2) is 21.9 Å². The van der Waals surface area contributed by atoms with Crippen LogP contribution in [0.3, 0.4) is 0 Å². The van der Waals surface area contributed by atoms with Crippen LogP contribution >= 0.6 is 7.60 Å². The lowest BCUT2D eigenvalue weighted by atomic mass is 9.91. The molecule has 5 N–H and O–H groups in total. The Bertz CT molecular complexity index is 875. The standard InChI is InChI=1S/C18H31N2O8P/c1-5-18(25,6-2)29(26,27)28-17(3,4)10-11-9-12(15(23)14(11)22)20-8-7-13(21)19-16(20)24/h7-8,11-12,14-15,22-23,25H,5-6,9-10H2,1-4H3,(H,26,27)(H,19,21,24)/t11-,12?,14-,15+/m1/s1. The van der Waals surface area contributed by atoms with Crippen LogP contribution in [0.1, 0.15) is 59.4 Å². The van der Waals surface area contributed by atoms with Crippen LogP contribution in [0.5, 0.6) is 0 Å². The molecule has 1 heterocycles. The third-order valence-corrected chi connectivity index (χ3v) is 8.19. The van der Waals surface area contributed by atoms with Crippen molar-refractivity contribution in [3.05, 3.63) is 33.1 Å². The monoisotopic (exact) mass is 434 g/mol. The number of hydrogen-bond donors (Lipinski definition) is 5. The summed E-state index contributed by atoms with van der Waals surface area (Å²) in [5.74, 6) is -0.542. The first-order valence-electron chi connectivity index (χ1n) is 9.70. The SMILES string of the molecule is CCC(O)(CC)P(=O)(O)OC(C)(C)C[C@H]1CC(n2ccc(=O)[nH]c2=O)[C@H](O)[C@@H]1O. The average molecular weight is 434 g/mol. The van der Waals surface area contributed by atoms with E-state index in [0.29, 0.717) is 0 Å². The Balaban J connectivity index is 2.19. The maximum atomic E-state index is 12.7. The van der Waals surface area contributed by atoms with Gasteiger partial charge in [-0.3, -0.25) is 18.9 Å². The molecule has 0 aliphatic heterocycles. The van der Waals surface area contributed by atoms with Gasteiger partial charge < -0.3 is 24.7 Å². The highest BCUT2D eigenvalue weighted by Gasteiger charge is 2.50. The Kier molecular flexibility index (Phi) is 6.99. The molecular weight excluding hydrogens is 403 g/mol. The summed E-state index contributed by atoms with van der Waals surface area (Å²) in [5.41, 5.74) is -2.46. The molecule has 10 nitrogen and oxygen atoms in total. The quantitative estimate of drug-likeness (QED) is 0.373. The maximum absolute atomic E-state index is 12.7. The maximum Gasteiger partial charge on any atom is 0.359 e. The van der Waals surface area contributed by atoms with E-state index >= 15 is 0 Å². The number of nitrogens with zero attached hydrogens (tertiary/aromatic N) is 1. The minimum absolute atomic E-state index is 0.0370. The van der Waals surface area contributed by atoms with Crippen molar-refractivity contribution in [2.24, 2.45) is 5.92 Å². The predicted molar refractivity (Wildman–Crippen MR) is 106 cm³/mol. The van der Waals surface area contributed by atoms with Crippen molar-refractivity contribution in [3.63, 3.8) is 0 Å². The minimum Gasteiger partial charge on any atom is -0.390 e. The Morgan fingerprint density at radius 3 is 2.34 bits per heavy atom. The summed E-state index contributed by atoms with van der Waals surface area (Å²) in [6, 6.07) is 0.387. The van der Waals surface area contributed by atoms with E-state index in [4.69, 9.17) is 4.52 Å². The Labute approximate surface area is 168 Å². The van der Waals surface area contributed by atoms with Gasteiger partial charge in [0, 0.05) is 12.3 Å². The van der Waals surface area contributed by atoms with Crippen molar-refractivity contribution in [3.8, 4) is 0 Å². The van der Waals surface area contributed by atoms with Gasteiger partial charge in [-0.05, 0) is 45.4 Å². The van der Waals surface area contributed by atoms with Gasteiger partial charge >= 0.3 is 13.3 Å². The molecule has 166 valence electrons. The summed E-state index contributed by atoms with van der Waals surface area (Å²) in [7, 11) is -4.40. The number of nitrogens with one attached hydrogen (secondary N) is 1. The predicted octanol–water partition coefficient (Wildman–Crippen LogP) is 0.699. The summed E-state index contributed by atoms with van der Waals surface area (Å²) in [6.07, 6.45) is -0.822. The van der Waals surface area contributed by atoms with E-state index in [1.54, 1.807) is 27.7 Å². The van der Waals surface area contributed by atoms with E-state index in [9.17, 15) is 34.4 Å². The van der Waals surface area contributed by atoms with Gasteiger partial charge in [0.2, 0.25) is 0 Å². The van der Waals surface area contributed by atoms with Gasteiger partial charge in [0.05, 0.1) is 17.7 Å². The highest BCUT2D eigenvalue weighted by Crippen LogP contribution is 2.60. The first kappa shape index (κ1) is 24.0. The Morgan fingerprint density at radius 2 is 1.83 bits per heavy atom. The van der Waals surface area contributed by atoms with E-state index in [1.807, 2.05) is 0 Å². The Hall–Kier alpha value is -1.29. The molecule has 5 atom stereocenters. The van der Waals surface area contributed by atoms with Gasteiger partial charge in [0.25, 0.3) is 5.56 Å². The van der Waals surface area contributed by atoms with Crippen molar-refractivity contribution in [1.82, 2.24) is 9.55 Å². The van der Waals surface area contributed by atoms with Crippen LogP contribution in [-0.4, -0.2) is 52.9 Å². The summed E-state index contributed by atoms with van der Waals surface area (Å²) >= 11 is 0. The number of hydrogen-bond acceptors (Lipinski definition) is 7. The molecule has 2 unspecified atom stereocenters. The van der Waals surface area contributed by atoms with Crippen LogP contribution in [-0.2, 0) is 9.09 Å². The number of aromatic amines is 1. The van der Waals surface area contributed by atoms with Crippen molar-refractivity contribution >= 4 is 7.60 Å². The lowest BCUT2D eigenvalue weighted by Gasteiger charge is -2.37. The van der Waals surface area contributed by atoms with Crippen LogP contribution < -0.4 is 11.2 Å². The minimum atomic E-state index is -4.40. The van der Waals surface area contributed by atoms with Crippen LogP contribution in [0, 0.1) is 5.92 Å². The average Bonchev–Trinajstić information content (AvgIpc) is 2.87. The fourth-order valence-electron chi connectivity index (χ4n) is 4.00. The lowest BCUT2D eigenvalue weighted by Crippen LogP contribution is -2.38. The zero-order chi connectivity index (χ0) is 22.2. The van der Waals surface area contributed by atoms with Crippen LogP contribution in [0.2, 0.25) is 0 Å². The fraction of sp³-hybridized carbons (Fsp3) is 0.778. The number of aromatic nitrogens is 2. The fourth-order valence-corrected chi connectivity index (χ4v) is 5.72. The van der Waals surface area contributed by atoms with E-state index in [2.05, 4.69) is 4.98 Å². The highest BCUT2D eigenvalue weighted by atomic mass is 31.2. The summed E-state index contributed by atoms with van der Waals surface area (Å²) < 4.78 is 19.3. The second-order valence-electron chi connectivity index (χ2n) is 8.33. The summed E-state index contributed by atoms with van der Waals surface area (Å²) in [6.45, 7) is 6.32. The molecule has 1 aliphatic carbocycles. The van der Waals surface area contributed by atoms with Gasteiger partial charge in [-0.2, -0.15) is 0 Å². The molecule has 0 bridgehead atoms. The molecule has 0 amide bonds. The smallest absolute Gasteiger partial charge is 0.359 e. The molecule has 1 aliphatic rings. The molecule has 1 aromatic heterocycles. The van der Waals surface area contributed by atoms with E-state index in [0.717, 1.165) is 10.6 Å². The van der Waals surface area contributed by atoms with Crippen molar-refractivity contribution < 1.29 is 29.3 Å². The number of rotatable bonds is 8. The highest BCUT2D eigenvalue weighted by molar-refractivity contribution is 7.54. The van der Waals surface area contributed by atoms with Gasteiger partial charge in [-0.15, -0.1) is 0 Å². The molecule has 0 aromatic carbocycles. The van der Waals surface area contributed by atoms with Gasteiger partial charge in [-0.25, -0.2) is 4.79 Å². The third kappa shape index (κ3) is 4.90. The van der Waals surface area contributed by atoms with Gasteiger partial charge in [0.15, 0.2) is 5.34 Å². The van der Waals surface area contributed by atoms with E-state index < -0.39 is 54.0 Å². The van der Waals surface area contributed by atoms with Gasteiger partial charge in [0.1, 0.15) is 6.10 Å². The Morgan fingerprint density at radius 1 is 1.24 bits per heavy atom. The molecule has 2 rings (SSSR count). The molecule has 0 saturated heterocycles. The second kappa shape index (κ2) is 8.45. The molecule has 1 aromatic rings. The van der Waals surface area contributed by atoms with Gasteiger partial charge in [-0.1, -0.05) is 13.8 Å². The topological polar surface area (TPSA) is 162 Å². The number of H-pyrrole nitrogens is 1. The summed E-state index contributed by atoms with van der Waals surface area (Å²) in [4.78, 5) is 35.7. The van der Waals surface area contributed by atoms with E-state index in [1.165, 1.54) is 6.20 Å². The first-order valence-corrected chi connectivity index (χ1v) is 11.3. The molecular formula is C18H31N2O8P. The summed E-state index contributed by atoms with van der Waals surface area (Å²) in [5, 5.41) is 29.5. The number of aliphatic hydroxyl groups is 3. The van der Waals surface area contributed by atoms with Crippen molar-refractivity contribution in [2.75, 3.05) is 0 Å². The second-order valence-corrected chi connectivity index (χ2v) is 10.4. The van der Waals surface area contributed by atoms with Crippen LogP contribution in [0.4, 0.5) is 0 Å². The zero-order valence-electron chi connectivity index (χ0n) is 17.1. The molecule has 1 saturated carbocycles. The molecule has 11 heteroatoms.